The zero-order valence-corrected chi connectivity index (χ0v) is 44.1. The molecule has 0 amide bonds. The Morgan fingerprint density at radius 1 is 0.222 bits per heavy atom. The minimum absolute atomic E-state index is 0.549. The van der Waals surface area contributed by atoms with Crippen molar-refractivity contribution in [1.82, 2.24) is 9.13 Å². The van der Waals surface area contributed by atoms with Crippen molar-refractivity contribution in [3.05, 3.63) is 313 Å². The SMILES string of the molecule is c1ccc(-n2c3ccccc3c3cccc(-c4cccc5c(-c6cccc7c6-c6ccccc6C76c7ccccc7-c7ccc8ccccc8c76)c6cccc(-c7cccc8c9ccccc9n(-c9ccccc9)c78)c6cc45)c32)cc1. The Hall–Kier alpha value is -10.5. The molecule has 0 saturated heterocycles. The number of aromatic nitrogens is 2. The van der Waals surface area contributed by atoms with Gasteiger partial charge in [0.2, 0.25) is 0 Å². The van der Waals surface area contributed by atoms with Gasteiger partial charge >= 0.3 is 0 Å². The largest absolute Gasteiger partial charge is 0.309 e. The normalized spacial score (nSPS) is 14.2. The van der Waals surface area contributed by atoms with Crippen molar-refractivity contribution in [3.63, 3.8) is 0 Å². The van der Waals surface area contributed by atoms with Crippen LogP contribution in [0.3, 0.4) is 0 Å². The van der Waals surface area contributed by atoms with Crippen molar-refractivity contribution in [3.8, 4) is 67.0 Å². The van der Waals surface area contributed by atoms with Gasteiger partial charge in [-0.3, -0.25) is 0 Å². The molecule has 1 unspecified atom stereocenters. The summed E-state index contributed by atoms with van der Waals surface area (Å²) in [5.41, 5.74) is 24.4. The molecule has 2 aromatic heterocycles. The van der Waals surface area contributed by atoms with Crippen LogP contribution in [0, 0.1) is 0 Å². The van der Waals surface area contributed by atoms with Gasteiger partial charge in [0.25, 0.3) is 0 Å². The van der Waals surface area contributed by atoms with Crippen LogP contribution in [0.4, 0.5) is 0 Å². The van der Waals surface area contributed by atoms with Gasteiger partial charge in [-0.25, -0.2) is 0 Å². The summed E-state index contributed by atoms with van der Waals surface area (Å²) < 4.78 is 4.97. The number of rotatable bonds is 5. The zero-order valence-electron chi connectivity index (χ0n) is 44.1. The second kappa shape index (κ2) is 16.7. The molecule has 16 aromatic rings. The molecule has 0 aliphatic heterocycles. The van der Waals surface area contributed by atoms with E-state index in [1.165, 1.54) is 154 Å². The number of hydrogen-bond acceptors (Lipinski definition) is 0. The maximum atomic E-state index is 2.54. The molecule has 0 bridgehead atoms. The second-order valence-corrected chi connectivity index (χ2v) is 22.1. The molecule has 1 spiro atoms. The molecule has 2 aliphatic carbocycles. The minimum Gasteiger partial charge on any atom is -0.309 e. The van der Waals surface area contributed by atoms with Crippen LogP contribution < -0.4 is 0 Å². The topological polar surface area (TPSA) is 9.86 Å². The average molecular weight is 1030 g/mol. The molecule has 2 heteroatoms. The van der Waals surface area contributed by atoms with E-state index in [0.717, 1.165) is 11.4 Å². The van der Waals surface area contributed by atoms with Gasteiger partial charge in [-0.05, 0) is 142 Å². The number of para-hydroxylation sites is 6. The second-order valence-electron chi connectivity index (χ2n) is 22.1. The van der Waals surface area contributed by atoms with Crippen molar-refractivity contribution in [2.24, 2.45) is 0 Å². The van der Waals surface area contributed by atoms with Crippen molar-refractivity contribution >= 4 is 75.9 Å². The molecular weight excluding hydrogens is 977 g/mol. The lowest BCUT2D eigenvalue weighted by molar-refractivity contribution is 0.801. The summed E-state index contributed by atoms with van der Waals surface area (Å²) in [7, 11) is 0. The predicted molar refractivity (Wildman–Crippen MR) is 340 cm³/mol. The molecule has 374 valence electrons. The van der Waals surface area contributed by atoms with Gasteiger partial charge < -0.3 is 9.13 Å². The third-order valence-corrected chi connectivity index (χ3v) is 18.3. The molecule has 0 N–H and O–H groups in total. The molecule has 2 aliphatic rings. The first kappa shape index (κ1) is 44.4. The summed E-state index contributed by atoms with van der Waals surface area (Å²) in [5.74, 6) is 0. The first-order valence-electron chi connectivity index (χ1n) is 28.3. The average Bonchev–Trinajstić information content (AvgIpc) is 2.62. The van der Waals surface area contributed by atoms with E-state index in [9.17, 15) is 0 Å². The van der Waals surface area contributed by atoms with Crippen LogP contribution in [0.25, 0.3) is 143 Å². The van der Waals surface area contributed by atoms with Gasteiger partial charge in [0.15, 0.2) is 0 Å². The summed E-state index contributed by atoms with van der Waals surface area (Å²) in [6.07, 6.45) is 0. The zero-order chi connectivity index (χ0) is 52.9. The van der Waals surface area contributed by atoms with Crippen molar-refractivity contribution in [2.45, 2.75) is 5.41 Å². The highest BCUT2D eigenvalue weighted by atomic mass is 15.0. The number of fused-ring (bicyclic) bond motifs is 20. The summed E-state index contributed by atoms with van der Waals surface area (Å²) in [4.78, 5) is 0. The highest BCUT2D eigenvalue weighted by Gasteiger charge is 2.53. The fourth-order valence-corrected chi connectivity index (χ4v) is 15.3. The summed E-state index contributed by atoms with van der Waals surface area (Å²) in [6, 6.07) is 110. The highest BCUT2D eigenvalue weighted by molar-refractivity contribution is 6.25. The van der Waals surface area contributed by atoms with Crippen LogP contribution >= 0.6 is 0 Å². The lowest BCUT2D eigenvalue weighted by Gasteiger charge is -2.31. The minimum atomic E-state index is -0.549. The maximum Gasteiger partial charge on any atom is 0.0731 e. The molecule has 18 rings (SSSR count). The van der Waals surface area contributed by atoms with Gasteiger partial charge in [-0.15, -0.1) is 0 Å². The van der Waals surface area contributed by atoms with E-state index in [0.29, 0.717) is 0 Å². The molecule has 14 aromatic carbocycles. The van der Waals surface area contributed by atoms with Crippen molar-refractivity contribution in [1.29, 1.82) is 0 Å². The molecule has 2 heterocycles. The Kier molecular flexibility index (Phi) is 9.18. The van der Waals surface area contributed by atoms with Crippen LogP contribution in [0.15, 0.2) is 291 Å². The van der Waals surface area contributed by atoms with E-state index in [2.05, 4.69) is 300 Å². The molecule has 1 atom stereocenters. The lowest BCUT2D eigenvalue weighted by Crippen LogP contribution is -2.26. The van der Waals surface area contributed by atoms with E-state index >= 15 is 0 Å². The number of hydrogen-bond donors (Lipinski definition) is 0. The van der Waals surface area contributed by atoms with Crippen LogP contribution in [-0.2, 0) is 5.41 Å². The maximum absolute atomic E-state index is 2.54. The van der Waals surface area contributed by atoms with Crippen LogP contribution in [0.1, 0.15) is 22.3 Å². The summed E-state index contributed by atoms with van der Waals surface area (Å²) >= 11 is 0. The quantitative estimate of drug-likeness (QED) is 0.152. The summed E-state index contributed by atoms with van der Waals surface area (Å²) in [5, 5.41) is 12.4. The van der Waals surface area contributed by atoms with Crippen molar-refractivity contribution < 1.29 is 0 Å². The molecule has 0 saturated carbocycles. The fourth-order valence-electron chi connectivity index (χ4n) is 15.3. The Balaban J connectivity index is 1.00. The van der Waals surface area contributed by atoms with E-state index in [1.54, 1.807) is 0 Å². The van der Waals surface area contributed by atoms with Gasteiger partial charge in [-0.1, -0.05) is 249 Å². The third kappa shape index (κ3) is 5.90. The molecular formula is C79H48N2. The third-order valence-electron chi connectivity index (χ3n) is 18.3. The standard InChI is InChI=1S/C79H48N2/c1-3-23-50(24-4-1)80-72-44-15-11-29-56(72)63-38-19-36-61(77(63)80)53-32-17-34-58-67(53)48-68-54(62-37-20-39-64-57-30-12-16-45-73(57)81(78(62)64)51-25-5-2-6-26-51)33-18-35-59(68)74(58)66-40-21-43-71-75(66)65-31-10-14-42-70(65)79(71)69-41-13-9-28-55(69)60-47-46-49-22-7-8-27-52(49)76(60)79/h1-48H. The van der Waals surface area contributed by atoms with E-state index in [1.807, 2.05) is 0 Å². The van der Waals surface area contributed by atoms with Gasteiger partial charge in [0.05, 0.1) is 27.5 Å². The molecule has 2 nitrogen and oxygen atoms in total. The first-order valence-corrected chi connectivity index (χ1v) is 28.3. The smallest absolute Gasteiger partial charge is 0.0731 e. The fraction of sp³-hybridized carbons (Fsp3) is 0.0127. The number of benzene rings is 14. The summed E-state index contributed by atoms with van der Waals surface area (Å²) in [6.45, 7) is 0. The predicted octanol–water partition coefficient (Wildman–Crippen LogP) is 20.7. The highest BCUT2D eigenvalue weighted by Crippen LogP contribution is 2.66. The van der Waals surface area contributed by atoms with E-state index in [-0.39, 0.29) is 0 Å². The van der Waals surface area contributed by atoms with Gasteiger partial charge in [-0.2, -0.15) is 0 Å². The Morgan fingerprint density at radius 2 is 0.642 bits per heavy atom. The van der Waals surface area contributed by atoms with Crippen LogP contribution in [0.2, 0.25) is 0 Å². The Bertz CT molecular complexity index is 5130. The van der Waals surface area contributed by atoms with E-state index < -0.39 is 5.41 Å². The Labute approximate surface area is 468 Å². The Morgan fingerprint density at radius 3 is 1.25 bits per heavy atom. The van der Waals surface area contributed by atoms with E-state index in [4.69, 9.17) is 0 Å². The monoisotopic (exact) mass is 1020 g/mol. The van der Waals surface area contributed by atoms with Gasteiger partial charge in [0.1, 0.15) is 0 Å². The van der Waals surface area contributed by atoms with Crippen molar-refractivity contribution in [2.75, 3.05) is 0 Å². The molecule has 0 radical (unpaired) electrons. The molecule has 81 heavy (non-hydrogen) atoms. The van der Waals surface area contributed by atoms with Crippen LogP contribution in [0.5, 0.6) is 0 Å². The lowest BCUT2D eigenvalue weighted by atomic mass is 9.69. The molecule has 0 fully saturated rings. The van der Waals surface area contributed by atoms with Gasteiger partial charge in [0, 0.05) is 44.0 Å². The first-order chi connectivity index (χ1) is 40.3. The van der Waals surface area contributed by atoms with Crippen LogP contribution in [-0.4, -0.2) is 9.13 Å². The number of nitrogens with zero attached hydrogens (tertiary/aromatic N) is 2.